The van der Waals surface area contributed by atoms with Crippen LogP contribution in [0, 0.1) is 0 Å². The maximum Gasteiger partial charge on any atom is 0.170 e. The van der Waals surface area contributed by atoms with E-state index in [1.165, 1.54) is 11.9 Å². The van der Waals surface area contributed by atoms with Crippen LogP contribution in [0.5, 0.6) is 0 Å². The average Bonchev–Trinajstić information content (AvgIpc) is 2.85. The Labute approximate surface area is 76.7 Å². The fourth-order valence-corrected chi connectivity index (χ4v) is 1.01. The molecule has 0 aromatic rings. The summed E-state index contributed by atoms with van der Waals surface area (Å²) in [5, 5.41) is 4.02. The molecule has 1 aliphatic heterocycles. The van der Waals surface area contributed by atoms with Crippen LogP contribution in [0.2, 0.25) is 0 Å². The fraction of sp³-hybridized carbons (Fsp3) is 1.00. The third-order valence-electron chi connectivity index (χ3n) is 1.82. The number of hydroxylamine groups is 1. The van der Waals surface area contributed by atoms with Crippen LogP contribution < -0.4 is 5.59 Å². The van der Waals surface area contributed by atoms with Gasteiger partial charge in [0.1, 0.15) is 0 Å². The Balaban J connectivity index is 2.38. The lowest BCUT2D eigenvalue weighted by Crippen LogP contribution is -2.31. The van der Waals surface area contributed by atoms with E-state index in [0.29, 0.717) is 6.04 Å². The Morgan fingerprint density at radius 2 is 2.25 bits per heavy atom. The van der Waals surface area contributed by atoms with Crippen molar-refractivity contribution in [2.75, 3.05) is 5.75 Å². The van der Waals surface area contributed by atoms with Gasteiger partial charge in [0.2, 0.25) is 0 Å². The molecule has 1 fully saturated rings. The van der Waals surface area contributed by atoms with Crippen molar-refractivity contribution in [3.63, 3.8) is 0 Å². The molecule has 0 aromatic heterocycles. The molecule has 1 saturated heterocycles. The number of rotatable bonds is 5. The smallest absolute Gasteiger partial charge is 0.0611 e. The summed E-state index contributed by atoms with van der Waals surface area (Å²) in [6, 6.07) is 0.311. The van der Waals surface area contributed by atoms with Gasteiger partial charge in [-0.05, 0) is 6.92 Å². The Morgan fingerprint density at radius 1 is 1.58 bits per heavy atom. The molecule has 1 N–H and O–H groups in total. The van der Waals surface area contributed by atoms with E-state index in [1.807, 2.05) is 6.92 Å². The van der Waals surface area contributed by atoms with Gasteiger partial charge in [-0.3, -0.25) is 0 Å². The van der Waals surface area contributed by atoms with E-state index in [0.717, 1.165) is 12.2 Å². The highest BCUT2D eigenvalue weighted by molar-refractivity contribution is 7.97. The zero-order valence-corrected chi connectivity index (χ0v) is 8.47. The van der Waals surface area contributed by atoms with Crippen molar-refractivity contribution in [2.24, 2.45) is 9.74 Å². The number of quaternary nitrogens is 1. The van der Waals surface area contributed by atoms with Crippen LogP contribution in [-0.4, -0.2) is 16.7 Å². The monoisotopic (exact) mass is 191 g/mol. The van der Waals surface area contributed by atoms with Gasteiger partial charge in [0.15, 0.2) is 6.04 Å². The van der Waals surface area contributed by atoms with Crippen LogP contribution in [0.1, 0.15) is 27.2 Å². The number of nitrogens with one attached hydrogen (secondary N) is 1. The van der Waals surface area contributed by atoms with Gasteiger partial charge in [-0.1, -0.05) is 18.4 Å². The van der Waals surface area contributed by atoms with Crippen molar-refractivity contribution in [1.82, 2.24) is 5.59 Å². The van der Waals surface area contributed by atoms with Crippen LogP contribution in [-0.2, 0) is 4.94 Å². The van der Waals surface area contributed by atoms with Gasteiger partial charge in [-0.25, -0.2) is 0 Å². The second-order valence-corrected chi connectivity index (χ2v) is 3.65. The van der Waals surface area contributed by atoms with Crippen LogP contribution in [0.15, 0.2) is 9.74 Å². The maximum atomic E-state index is 5.01. The molecule has 0 spiro atoms. The predicted octanol–water partition coefficient (Wildman–Crippen LogP) is 2.00. The molecule has 0 amide bonds. The minimum absolute atomic E-state index is 0.128. The number of hydrogen-bond acceptors (Lipinski definition) is 5. The summed E-state index contributed by atoms with van der Waals surface area (Å²) in [7, 11) is 0. The third-order valence-corrected chi connectivity index (χ3v) is 2.27. The zero-order valence-electron chi connectivity index (χ0n) is 7.65. The van der Waals surface area contributed by atoms with E-state index in [2.05, 4.69) is 29.2 Å². The van der Waals surface area contributed by atoms with Crippen molar-refractivity contribution in [3.05, 3.63) is 0 Å². The molecule has 1 heterocycles. The van der Waals surface area contributed by atoms with E-state index >= 15 is 0 Å². The summed E-state index contributed by atoms with van der Waals surface area (Å²) in [4.78, 5) is 5.14. The normalized spacial score (nSPS) is 30.9. The largest absolute Gasteiger partial charge is 0.170 e. The molecular weight excluding hydrogens is 176 g/mol. The summed E-state index contributed by atoms with van der Waals surface area (Å²) in [5.74, 6) is 0.935. The SMILES string of the molecule is CCSN=N[N+]1(C(C)CC)NO1. The highest BCUT2D eigenvalue weighted by Crippen LogP contribution is 2.25. The van der Waals surface area contributed by atoms with E-state index in [9.17, 15) is 0 Å². The molecule has 0 radical (unpaired) electrons. The highest BCUT2D eigenvalue weighted by Gasteiger charge is 2.54. The van der Waals surface area contributed by atoms with Gasteiger partial charge in [-0.15, -0.1) is 0 Å². The maximum absolute atomic E-state index is 5.01. The summed E-state index contributed by atoms with van der Waals surface area (Å²) in [6.45, 7) is 6.19. The van der Waals surface area contributed by atoms with E-state index in [1.54, 1.807) is 0 Å². The summed E-state index contributed by atoms with van der Waals surface area (Å²) < 4.78 is 3.92. The summed E-state index contributed by atoms with van der Waals surface area (Å²) >= 11 is 1.43. The van der Waals surface area contributed by atoms with Crippen molar-refractivity contribution in [3.8, 4) is 0 Å². The Bertz CT molecular complexity index is 171. The number of nitrogens with zero attached hydrogens (tertiary/aromatic N) is 3. The average molecular weight is 191 g/mol. The fourth-order valence-electron chi connectivity index (χ4n) is 0.732. The first kappa shape index (κ1) is 9.91. The van der Waals surface area contributed by atoms with Gasteiger partial charge >= 0.3 is 0 Å². The van der Waals surface area contributed by atoms with Crippen molar-refractivity contribution < 1.29 is 9.80 Å². The zero-order chi connectivity index (χ0) is 9.03. The van der Waals surface area contributed by atoms with Crippen molar-refractivity contribution in [2.45, 2.75) is 33.2 Å². The minimum Gasteiger partial charge on any atom is -0.0611 e. The molecule has 1 aliphatic rings. The Kier molecular flexibility index (Phi) is 3.45. The molecule has 0 saturated carbocycles. The summed E-state index contributed by atoms with van der Waals surface area (Å²) in [5.41, 5.74) is 2.72. The van der Waals surface area contributed by atoms with Gasteiger partial charge in [-0.2, -0.15) is 0 Å². The Morgan fingerprint density at radius 3 is 2.67 bits per heavy atom. The van der Waals surface area contributed by atoms with Gasteiger partial charge in [0.25, 0.3) is 0 Å². The van der Waals surface area contributed by atoms with Gasteiger partial charge in [0.05, 0.1) is 15.7 Å². The molecule has 2 unspecified atom stereocenters. The Hall–Kier alpha value is -0.170. The van der Waals surface area contributed by atoms with Crippen LogP contribution >= 0.6 is 11.9 Å². The van der Waals surface area contributed by atoms with Crippen molar-refractivity contribution >= 4 is 11.9 Å². The lowest BCUT2D eigenvalue weighted by molar-refractivity contribution is -0.960. The topological polar surface area (TPSA) is 59.2 Å². The van der Waals surface area contributed by atoms with Gasteiger partial charge in [0, 0.05) is 29.1 Å². The standard InChI is InChI=1S/C6H15N4OS/c1-4-6(3)10(9-11-10)7-8-12-5-2/h6,9H,4-5H2,1-3H3/q+1. The first-order chi connectivity index (χ1) is 5.75. The summed E-state index contributed by atoms with van der Waals surface area (Å²) in [6.07, 6.45) is 1.00. The highest BCUT2D eigenvalue weighted by atomic mass is 32.2. The lowest BCUT2D eigenvalue weighted by atomic mass is 10.3. The molecule has 0 aromatic carbocycles. The first-order valence-electron chi connectivity index (χ1n) is 4.14. The molecule has 6 heteroatoms. The second-order valence-electron chi connectivity index (χ2n) is 2.65. The second kappa shape index (κ2) is 4.18. The minimum atomic E-state index is 0.128. The van der Waals surface area contributed by atoms with E-state index in [4.69, 9.17) is 4.94 Å². The quantitative estimate of drug-likeness (QED) is 0.313. The molecule has 12 heavy (non-hydrogen) atoms. The predicted molar refractivity (Wildman–Crippen MR) is 47.2 cm³/mol. The van der Waals surface area contributed by atoms with Gasteiger partial charge < -0.3 is 0 Å². The van der Waals surface area contributed by atoms with Crippen molar-refractivity contribution in [1.29, 1.82) is 0 Å². The first-order valence-corrected chi connectivity index (χ1v) is 5.08. The van der Waals surface area contributed by atoms with E-state index < -0.39 is 0 Å². The molecule has 70 valence electrons. The molecule has 2 atom stereocenters. The molecule has 0 bridgehead atoms. The molecule has 5 nitrogen and oxygen atoms in total. The molecule has 1 rings (SSSR count). The van der Waals surface area contributed by atoms with Crippen LogP contribution in [0.25, 0.3) is 0 Å². The molecule has 0 aliphatic carbocycles. The lowest BCUT2D eigenvalue weighted by Gasteiger charge is -2.05. The number of hydrogen-bond donors (Lipinski definition) is 1. The molecular formula is C6H15N4OS+. The third kappa shape index (κ3) is 2.16. The van der Waals surface area contributed by atoms with Crippen LogP contribution in [0.3, 0.4) is 0 Å². The van der Waals surface area contributed by atoms with E-state index in [-0.39, 0.29) is 4.86 Å². The van der Waals surface area contributed by atoms with Crippen LogP contribution in [0.4, 0.5) is 0 Å².